The van der Waals surface area contributed by atoms with Crippen molar-refractivity contribution in [2.24, 2.45) is 5.73 Å². The fourth-order valence-electron chi connectivity index (χ4n) is 1.44. The Hall–Kier alpha value is -1.47. The quantitative estimate of drug-likeness (QED) is 0.877. The summed E-state index contributed by atoms with van der Waals surface area (Å²) in [4.78, 5) is 12.5. The number of thioether (sulfide) groups is 1. The van der Waals surface area contributed by atoms with Gasteiger partial charge in [-0.3, -0.25) is 0 Å². The van der Waals surface area contributed by atoms with E-state index in [-0.39, 0.29) is 6.04 Å². The number of aromatic nitrogens is 4. The average molecular weight is 265 g/mol. The lowest BCUT2D eigenvalue weighted by Crippen LogP contribution is -2.11. The van der Waals surface area contributed by atoms with Crippen LogP contribution in [-0.4, -0.2) is 32.1 Å². The number of hydrogen-bond donors (Lipinski definition) is 1. The Morgan fingerprint density at radius 1 is 1.44 bits per heavy atom. The van der Waals surface area contributed by atoms with E-state index in [1.165, 1.54) is 0 Å². The minimum Gasteiger partial charge on any atom is -0.337 e. The van der Waals surface area contributed by atoms with E-state index < -0.39 is 0 Å². The van der Waals surface area contributed by atoms with Crippen molar-refractivity contribution in [1.82, 2.24) is 20.1 Å². The predicted octanol–water partition coefficient (Wildman–Crippen LogP) is 1.59. The molecule has 1 atom stereocenters. The van der Waals surface area contributed by atoms with Crippen LogP contribution in [0.15, 0.2) is 16.8 Å². The first-order chi connectivity index (χ1) is 8.70. The number of aryl methyl sites for hydroxylation is 1. The zero-order valence-electron chi connectivity index (χ0n) is 10.3. The molecule has 0 amide bonds. The predicted molar refractivity (Wildman–Crippen MR) is 70.0 cm³/mol. The van der Waals surface area contributed by atoms with Crippen LogP contribution in [0.5, 0.6) is 0 Å². The van der Waals surface area contributed by atoms with Crippen LogP contribution in [0.3, 0.4) is 0 Å². The van der Waals surface area contributed by atoms with Crippen molar-refractivity contribution in [3.8, 4) is 11.5 Å². The molecular weight excluding hydrogens is 250 g/mol. The Bertz CT molecular complexity index is 516. The lowest BCUT2D eigenvalue weighted by atomic mass is 10.2. The van der Waals surface area contributed by atoms with Crippen LogP contribution in [-0.2, 0) is 0 Å². The van der Waals surface area contributed by atoms with Gasteiger partial charge >= 0.3 is 0 Å². The van der Waals surface area contributed by atoms with Crippen LogP contribution in [0, 0.1) is 6.92 Å². The first-order valence-electron chi connectivity index (χ1n) is 5.59. The Morgan fingerprint density at radius 3 is 3.00 bits per heavy atom. The summed E-state index contributed by atoms with van der Waals surface area (Å²) < 4.78 is 5.16. The highest BCUT2D eigenvalue weighted by Gasteiger charge is 2.16. The highest BCUT2D eigenvalue weighted by atomic mass is 32.2. The van der Waals surface area contributed by atoms with Gasteiger partial charge in [0, 0.05) is 6.20 Å². The molecule has 7 heteroatoms. The van der Waals surface area contributed by atoms with Gasteiger partial charge in [-0.25, -0.2) is 9.97 Å². The SMILES string of the molecule is CSCC[C@@H](N)c1nc(-c2ccnc(C)n2)no1. The van der Waals surface area contributed by atoms with E-state index in [2.05, 4.69) is 20.1 Å². The molecule has 2 heterocycles. The molecule has 0 radical (unpaired) electrons. The summed E-state index contributed by atoms with van der Waals surface area (Å²) in [7, 11) is 0. The molecule has 2 aromatic rings. The monoisotopic (exact) mass is 265 g/mol. The highest BCUT2D eigenvalue weighted by Crippen LogP contribution is 2.18. The minimum absolute atomic E-state index is 0.221. The summed E-state index contributed by atoms with van der Waals surface area (Å²) in [5.41, 5.74) is 6.61. The molecule has 0 aromatic carbocycles. The molecule has 0 spiro atoms. The molecule has 0 aliphatic rings. The number of rotatable bonds is 5. The third kappa shape index (κ3) is 3.05. The van der Waals surface area contributed by atoms with Crippen LogP contribution in [0.25, 0.3) is 11.5 Å². The van der Waals surface area contributed by atoms with Gasteiger partial charge < -0.3 is 10.3 Å². The van der Waals surface area contributed by atoms with Crippen LogP contribution in [0.4, 0.5) is 0 Å². The van der Waals surface area contributed by atoms with Gasteiger partial charge in [-0.2, -0.15) is 16.7 Å². The molecule has 0 unspecified atom stereocenters. The fourth-order valence-corrected chi connectivity index (χ4v) is 1.93. The summed E-state index contributed by atoms with van der Waals surface area (Å²) in [6.07, 6.45) is 4.52. The van der Waals surface area contributed by atoms with Crippen LogP contribution in [0.2, 0.25) is 0 Å². The lowest BCUT2D eigenvalue weighted by molar-refractivity contribution is 0.353. The Kier molecular flexibility index (Phi) is 4.27. The van der Waals surface area contributed by atoms with Gasteiger partial charge in [-0.1, -0.05) is 5.16 Å². The normalized spacial score (nSPS) is 12.6. The zero-order valence-corrected chi connectivity index (χ0v) is 11.1. The zero-order chi connectivity index (χ0) is 13.0. The third-order valence-electron chi connectivity index (χ3n) is 2.40. The van der Waals surface area contributed by atoms with Crippen LogP contribution < -0.4 is 5.73 Å². The third-order valence-corrected chi connectivity index (χ3v) is 3.04. The van der Waals surface area contributed by atoms with Gasteiger partial charge in [0.25, 0.3) is 0 Å². The van der Waals surface area contributed by atoms with Crippen molar-refractivity contribution < 1.29 is 4.52 Å². The summed E-state index contributed by atoms with van der Waals surface area (Å²) in [5.74, 6) is 2.54. The maximum atomic E-state index is 5.96. The average Bonchev–Trinajstić information content (AvgIpc) is 2.85. The van der Waals surface area contributed by atoms with Crippen molar-refractivity contribution in [1.29, 1.82) is 0 Å². The highest BCUT2D eigenvalue weighted by molar-refractivity contribution is 7.98. The molecule has 0 saturated carbocycles. The second-order valence-electron chi connectivity index (χ2n) is 3.83. The van der Waals surface area contributed by atoms with E-state index in [1.54, 1.807) is 24.0 Å². The van der Waals surface area contributed by atoms with Crippen LogP contribution in [0.1, 0.15) is 24.2 Å². The maximum Gasteiger partial charge on any atom is 0.243 e. The van der Waals surface area contributed by atoms with E-state index in [9.17, 15) is 0 Å². The molecule has 2 N–H and O–H groups in total. The molecule has 0 bridgehead atoms. The molecule has 96 valence electrons. The smallest absolute Gasteiger partial charge is 0.243 e. The van der Waals surface area contributed by atoms with E-state index in [1.807, 2.05) is 13.2 Å². The molecule has 18 heavy (non-hydrogen) atoms. The maximum absolute atomic E-state index is 5.96. The van der Waals surface area contributed by atoms with Gasteiger partial charge in [0.15, 0.2) is 0 Å². The summed E-state index contributed by atoms with van der Waals surface area (Å²) >= 11 is 1.74. The van der Waals surface area contributed by atoms with Crippen molar-refractivity contribution in [3.63, 3.8) is 0 Å². The molecule has 6 nitrogen and oxygen atoms in total. The summed E-state index contributed by atoms with van der Waals surface area (Å²) in [6.45, 7) is 1.81. The van der Waals surface area contributed by atoms with Gasteiger partial charge in [0.1, 0.15) is 11.5 Å². The van der Waals surface area contributed by atoms with Crippen molar-refractivity contribution in [2.45, 2.75) is 19.4 Å². The largest absolute Gasteiger partial charge is 0.337 e. The van der Waals surface area contributed by atoms with Gasteiger partial charge in [0.2, 0.25) is 11.7 Å². The van der Waals surface area contributed by atoms with Crippen molar-refractivity contribution in [2.75, 3.05) is 12.0 Å². The van der Waals surface area contributed by atoms with Gasteiger partial charge in [-0.05, 0) is 31.4 Å². The molecule has 0 aliphatic carbocycles. The fraction of sp³-hybridized carbons (Fsp3) is 0.455. The topological polar surface area (TPSA) is 90.7 Å². The summed E-state index contributed by atoms with van der Waals surface area (Å²) in [5, 5.41) is 3.89. The Labute approximate surface area is 109 Å². The van der Waals surface area contributed by atoms with E-state index in [4.69, 9.17) is 10.3 Å². The van der Waals surface area contributed by atoms with Gasteiger partial charge in [-0.15, -0.1) is 0 Å². The molecular formula is C11H15N5OS. The van der Waals surface area contributed by atoms with E-state index in [0.29, 0.717) is 23.2 Å². The molecule has 0 saturated heterocycles. The first kappa shape index (κ1) is 13.0. The van der Waals surface area contributed by atoms with Crippen molar-refractivity contribution in [3.05, 3.63) is 24.0 Å². The number of nitrogens with zero attached hydrogens (tertiary/aromatic N) is 4. The second-order valence-corrected chi connectivity index (χ2v) is 4.82. The molecule has 2 rings (SSSR count). The first-order valence-corrected chi connectivity index (χ1v) is 6.98. The Morgan fingerprint density at radius 2 is 2.28 bits per heavy atom. The van der Waals surface area contributed by atoms with E-state index in [0.717, 1.165) is 12.2 Å². The number of hydrogen-bond acceptors (Lipinski definition) is 7. The lowest BCUT2D eigenvalue weighted by Gasteiger charge is -2.03. The van der Waals surface area contributed by atoms with Gasteiger partial charge in [0.05, 0.1) is 6.04 Å². The summed E-state index contributed by atoms with van der Waals surface area (Å²) in [6, 6.07) is 1.52. The molecule has 0 fully saturated rings. The molecule has 2 aromatic heterocycles. The minimum atomic E-state index is -0.221. The van der Waals surface area contributed by atoms with E-state index >= 15 is 0 Å². The Balaban J connectivity index is 2.15. The number of nitrogens with two attached hydrogens (primary N) is 1. The standard InChI is InChI=1S/C11H15N5OS/c1-7-13-5-3-9(14-7)10-15-11(17-16-10)8(12)4-6-18-2/h3,5,8H,4,6,12H2,1-2H3/t8-/m1/s1. The molecule has 0 aliphatic heterocycles. The van der Waals surface area contributed by atoms with Crippen LogP contribution >= 0.6 is 11.8 Å². The second kappa shape index (κ2) is 5.92. The van der Waals surface area contributed by atoms with Crippen molar-refractivity contribution >= 4 is 11.8 Å².